The predicted molar refractivity (Wildman–Crippen MR) is 89.6 cm³/mol. The van der Waals surface area contributed by atoms with Crippen LogP contribution in [0, 0.1) is 0 Å². The van der Waals surface area contributed by atoms with Crippen LogP contribution in [0.2, 0.25) is 0 Å². The van der Waals surface area contributed by atoms with E-state index in [-0.39, 0.29) is 5.91 Å². The van der Waals surface area contributed by atoms with Crippen molar-refractivity contribution >= 4 is 17.8 Å². The number of ether oxygens (including phenoxy) is 1. The molecule has 0 saturated heterocycles. The van der Waals surface area contributed by atoms with Crippen molar-refractivity contribution in [3.05, 3.63) is 71.4 Å². The van der Waals surface area contributed by atoms with Gasteiger partial charge in [-0.3, -0.25) is 4.79 Å². The maximum absolute atomic E-state index is 12.3. The van der Waals surface area contributed by atoms with Crippen LogP contribution in [0.1, 0.15) is 18.1 Å². The van der Waals surface area contributed by atoms with Crippen molar-refractivity contribution < 1.29 is 9.53 Å². The van der Waals surface area contributed by atoms with Gasteiger partial charge in [0.1, 0.15) is 11.4 Å². The lowest BCUT2D eigenvalue weighted by atomic mass is 10.2. The van der Waals surface area contributed by atoms with Crippen molar-refractivity contribution in [3.8, 4) is 5.75 Å². The Hall–Kier alpha value is -2.92. The number of hydrogen-bond donors (Lipinski definition) is 1. The molecule has 3 rings (SSSR count). The highest BCUT2D eigenvalue weighted by molar-refractivity contribution is 6.19. The number of carbonyl (C=O) groups is 1. The number of aliphatic imine (C=N–C) groups is 1. The number of amidine groups is 1. The summed E-state index contributed by atoms with van der Waals surface area (Å²) in [5.41, 5.74) is 1.98. The van der Waals surface area contributed by atoms with Gasteiger partial charge in [0, 0.05) is 5.56 Å². The zero-order valence-corrected chi connectivity index (χ0v) is 12.8. The summed E-state index contributed by atoms with van der Waals surface area (Å²) in [5.74, 6) is 6.78. The molecule has 5 nitrogen and oxygen atoms in total. The van der Waals surface area contributed by atoms with E-state index in [1.807, 2.05) is 61.5 Å². The molecule has 0 saturated carbocycles. The van der Waals surface area contributed by atoms with Gasteiger partial charge in [0.15, 0.2) is 5.84 Å². The monoisotopic (exact) mass is 307 g/mol. The number of amides is 1. The SMILES string of the molecule is CCOc1ccc(C=C2N=C(c3ccccc3)N(N)C2=O)cc1. The van der Waals surface area contributed by atoms with E-state index in [0.29, 0.717) is 18.1 Å². The molecular formula is C18H17N3O2. The van der Waals surface area contributed by atoms with Crippen molar-refractivity contribution in [2.24, 2.45) is 10.8 Å². The molecule has 116 valence electrons. The molecule has 0 unspecified atom stereocenters. The van der Waals surface area contributed by atoms with Crippen LogP contribution in [0.3, 0.4) is 0 Å². The molecule has 0 bridgehead atoms. The predicted octanol–water partition coefficient (Wildman–Crippen LogP) is 2.59. The molecule has 1 amide bonds. The molecule has 0 aromatic heterocycles. The van der Waals surface area contributed by atoms with Crippen molar-refractivity contribution in [1.82, 2.24) is 5.01 Å². The van der Waals surface area contributed by atoms with Gasteiger partial charge in [-0.15, -0.1) is 0 Å². The zero-order valence-electron chi connectivity index (χ0n) is 12.8. The van der Waals surface area contributed by atoms with Gasteiger partial charge in [0.25, 0.3) is 5.91 Å². The summed E-state index contributed by atoms with van der Waals surface area (Å²) in [6, 6.07) is 16.9. The molecule has 23 heavy (non-hydrogen) atoms. The highest BCUT2D eigenvalue weighted by Gasteiger charge is 2.28. The van der Waals surface area contributed by atoms with E-state index in [2.05, 4.69) is 4.99 Å². The second-order valence-corrected chi connectivity index (χ2v) is 5.01. The summed E-state index contributed by atoms with van der Waals surface area (Å²) in [5, 5.41) is 1.08. The quantitative estimate of drug-likeness (QED) is 0.536. The minimum atomic E-state index is -0.322. The van der Waals surface area contributed by atoms with Crippen LogP contribution in [-0.4, -0.2) is 23.4 Å². The van der Waals surface area contributed by atoms with E-state index in [9.17, 15) is 4.79 Å². The van der Waals surface area contributed by atoms with E-state index in [1.54, 1.807) is 6.08 Å². The molecule has 2 aromatic rings. The van der Waals surface area contributed by atoms with Crippen LogP contribution in [0.25, 0.3) is 6.08 Å². The van der Waals surface area contributed by atoms with Crippen LogP contribution in [0.15, 0.2) is 65.3 Å². The van der Waals surface area contributed by atoms with Gasteiger partial charge in [0.2, 0.25) is 0 Å². The van der Waals surface area contributed by atoms with Crippen LogP contribution >= 0.6 is 0 Å². The standard InChI is InChI=1S/C18H17N3O2/c1-2-23-15-10-8-13(9-11-15)12-16-18(22)21(19)17(20-16)14-6-4-3-5-7-14/h3-12H,2,19H2,1H3. The van der Waals surface area contributed by atoms with E-state index in [4.69, 9.17) is 10.6 Å². The van der Waals surface area contributed by atoms with Crippen LogP contribution < -0.4 is 10.6 Å². The number of hydrogen-bond acceptors (Lipinski definition) is 4. The van der Waals surface area contributed by atoms with E-state index >= 15 is 0 Å². The number of carbonyl (C=O) groups excluding carboxylic acids is 1. The first-order chi connectivity index (χ1) is 11.2. The normalized spacial score (nSPS) is 15.9. The highest BCUT2D eigenvalue weighted by atomic mass is 16.5. The Labute approximate surface area is 134 Å². The van der Waals surface area contributed by atoms with Crippen molar-refractivity contribution in [1.29, 1.82) is 0 Å². The first-order valence-corrected chi connectivity index (χ1v) is 7.37. The van der Waals surface area contributed by atoms with Crippen LogP contribution in [0.5, 0.6) is 5.75 Å². The number of rotatable bonds is 4. The molecule has 5 heteroatoms. The average molecular weight is 307 g/mol. The lowest BCUT2D eigenvalue weighted by Crippen LogP contribution is -2.38. The third-order valence-corrected chi connectivity index (χ3v) is 3.42. The van der Waals surface area contributed by atoms with Crippen LogP contribution in [0.4, 0.5) is 0 Å². The fraction of sp³-hybridized carbons (Fsp3) is 0.111. The molecule has 0 radical (unpaired) electrons. The minimum absolute atomic E-state index is 0.315. The average Bonchev–Trinajstić information content (AvgIpc) is 2.86. The Morgan fingerprint density at radius 3 is 2.48 bits per heavy atom. The summed E-state index contributed by atoms with van der Waals surface area (Å²) >= 11 is 0. The third kappa shape index (κ3) is 3.14. The minimum Gasteiger partial charge on any atom is -0.494 e. The molecular weight excluding hydrogens is 290 g/mol. The largest absolute Gasteiger partial charge is 0.494 e. The summed E-state index contributed by atoms with van der Waals surface area (Å²) < 4.78 is 5.40. The van der Waals surface area contributed by atoms with E-state index < -0.39 is 0 Å². The van der Waals surface area contributed by atoms with Crippen molar-refractivity contribution in [2.75, 3.05) is 6.61 Å². The topological polar surface area (TPSA) is 67.9 Å². The Morgan fingerprint density at radius 1 is 1.13 bits per heavy atom. The maximum Gasteiger partial charge on any atom is 0.292 e. The molecule has 0 atom stereocenters. The Kier molecular flexibility index (Phi) is 4.21. The first-order valence-electron chi connectivity index (χ1n) is 7.37. The van der Waals surface area contributed by atoms with Gasteiger partial charge >= 0.3 is 0 Å². The Morgan fingerprint density at radius 2 is 1.83 bits per heavy atom. The van der Waals surface area contributed by atoms with Gasteiger partial charge in [0.05, 0.1) is 6.61 Å². The summed E-state index contributed by atoms with van der Waals surface area (Å²) in [6.45, 7) is 2.55. The molecule has 2 N–H and O–H groups in total. The molecule has 1 aliphatic rings. The lowest BCUT2D eigenvalue weighted by molar-refractivity contribution is -0.122. The third-order valence-electron chi connectivity index (χ3n) is 3.42. The van der Waals surface area contributed by atoms with Crippen LogP contribution in [-0.2, 0) is 4.79 Å². The second kappa shape index (κ2) is 6.46. The summed E-state index contributed by atoms with van der Waals surface area (Å²) in [4.78, 5) is 16.6. The Balaban J connectivity index is 1.90. The van der Waals surface area contributed by atoms with Crippen molar-refractivity contribution in [3.63, 3.8) is 0 Å². The molecule has 0 spiro atoms. The molecule has 1 aliphatic heterocycles. The molecule has 0 aliphatic carbocycles. The van der Waals surface area contributed by atoms with E-state index in [0.717, 1.165) is 21.9 Å². The number of hydrazine groups is 1. The van der Waals surface area contributed by atoms with Gasteiger partial charge < -0.3 is 4.74 Å². The van der Waals surface area contributed by atoms with E-state index in [1.165, 1.54) is 0 Å². The van der Waals surface area contributed by atoms with Gasteiger partial charge in [-0.1, -0.05) is 42.5 Å². The zero-order chi connectivity index (χ0) is 16.2. The molecule has 0 fully saturated rings. The fourth-order valence-electron chi connectivity index (χ4n) is 2.31. The number of nitrogens with zero attached hydrogens (tertiary/aromatic N) is 2. The lowest BCUT2D eigenvalue weighted by Gasteiger charge is -2.10. The molecule has 1 heterocycles. The van der Waals surface area contributed by atoms with Gasteiger partial charge in [-0.25, -0.2) is 15.8 Å². The summed E-state index contributed by atoms with van der Waals surface area (Å²) in [6.07, 6.45) is 1.72. The number of benzene rings is 2. The first kappa shape index (κ1) is 15.0. The van der Waals surface area contributed by atoms with Gasteiger partial charge in [-0.05, 0) is 30.7 Å². The fourth-order valence-corrected chi connectivity index (χ4v) is 2.31. The Bertz CT molecular complexity index is 765. The highest BCUT2D eigenvalue weighted by Crippen LogP contribution is 2.21. The molecule has 2 aromatic carbocycles. The second-order valence-electron chi connectivity index (χ2n) is 5.01. The maximum atomic E-state index is 12.3. The summed E-state index contributed by atoms with van der Waals surface area (Å²) in [7, 11) is 0. The smallest absolute Gasteiger partial charge is 0.292 e. The number of nitrogens with two attached hydrogens (primary N) is 1. The van der Waals surface area contributed by atoms with Crippen molar-refractivity contribution in [2.45, 2.75) is 6.92 Å². The van der Waals surface area contributed by atoms with Gasteiger partial charge in [-0.2, -0.15) is 0 Å².